The van der Waals surface area contributed by atoms with E-state index in [1.807, 2.05) is 0 Å². The molecule has 1 saturated heterocycles. The molecule has 0 aromatic carbocycles. The van der Waals surface area contributed by atoms with Gasteiger partial charge < -0.3 is 15.2 Å². The van der Waals surface area contributed by atoms with Gasteiger partial charge in [-0.2, -0.15) is 0 Å². The van der Waals surface area contributed by atoms with E-state index in [-0.39, 0.29) is 12.1 Å². The zero-order chi connectivity index (χ0) is 10.4. The molecule has 1 aliphatic heterocycles. The van der Waals surface area contributed by atoms with Gasteiger partial charge in [0.2, 0.25) is 0 Å². The molecule has 1 rings (SSSR count). The number of methoxy groups -OCH3 is 1. The number of hydrogen-bond donors (Lipinski definition) is 1. The minimum Gasteiger partial charge on any atom is -0.381 e. The third kappa shape index (κ3) is 3.23. The van der Waals surface area contributed by atoms with Crippen molar-refractivity contribution in [3.05, 3.63) is 0 Å². The summed E-state index contributed by atoms with van der Waals surface area (Å²) in [5.41, 5.74) is 6.21. The molecule has 0 aliphatic carbocycles. The largest absolute Gasteiger partial charge is 0.381 e. The first-order valence-electron chi connectivity index (χ1n) is 5.65. The van der Waals surface area contributed by atoms with Gasteiger partial charge in [0.05, 0.1) is 6.10 Å². The van der Waals surface area contributed by atoms with E-state index in [4.69, 9.17) is 15.2 Å². The van der Waals surface area contributed by atoms with Crippen molar-refractivity contribution < 1.29 is 9.47 Å². The second-order valence-corrected chi connectivity index (χ2v) is 4.09. The molecule has 0 bridgehead atoms. The molecule has 0 spiro atoms. The minimum absolute atomic E-state index is 0.184. The van der Waals surface area contributed by atoms with Crippen molar-refractivity contribution in [2.45, 2.75) is 44.8 Å². The predicted octanol–water partition coefficient (Wildman–Crippen LogP) is 1.56. The summed E-state index contributed by atoms with van der Waals surface area (Å²) in [7, 11) is 1.76. The van der Waals surface area contributed by atoms with E-state index < -0.39 is 0 Å². The van der Waals surface area contributed by atoms with E-state index in [2.05, 4.69) is 6.92 Å². The van der Waals surface area contributed by atoms with Crippen molar-refractivity contribution in [1.82, 2.24) is 0 Å². The second-order valence-electron chi connectivity index (χ2n) is 4.09. The Morgan fingerprint density at radius 3 is 2.57 bits per heavy atom. The number of hydrogen-bond acceptors (Lipinski definition) is 3. The van der Waals surface area contributed by atoms with E-state index in [9.17, 15) is 0 Å². The van der Waals surface area contributed by atoms with Crippen LogP contribution in [0.25, 0.3) is 0 Å². The molecule has 0 saturated carbocycles. The van der Waals surface area contributed by atoms with Crippen molar-refractivity contribution in [2.75, 3.05) is 20.3 Å². The highest BCUT2D eigenvalue weighted by atomic mass is 16.5. The maximum absolute atomic E-state index is 6.21. The fourth-order valence-corrected chi connectivity index (χ4v) is 2.16. The van der Waals surface area contributed by atoms with Crippen molar-refractivity contribution >= 4 is 0 Å². The van der Waals surface area contributed by atoms with Crippen LogP contribution in [0, 0.1) is 5.92 Å². The number of nitrogens with two attached hydrogens (primary N) is 1. The van der Waals surface area contributed by atoms with Crippen LogP contribution in [0.4, 0.5) is 0 Å². The summed E-state index contributed by atoms with van der Waals surface area (Å²) < 4.78 is 10.8. The summed E-state index contributed by atoms with van der Waals surface area (Å²) in [6.45, 7) is 3.89. The Kier molecular flexibility index (Phi) is 5.45. The molecule has 14 heavy (non-hydrogen) atoms. The van der Waals surface area contributed by atoms with Gasteiger partial charge in [0.15, 0.2) is 0 Å². The molecule has 84 valence electrons. The fourth-order valence-electron chi connectivity index (χ4n) is 2.16. The normalized spacial score (nSPS) is 23.4. The molecule has 1 aliphatic rings. The van der Waals surface area contributed by atoms with Gasteiger partial charge in [-0.25, -0.2) is 0 Å². The zero-order valence-corrected chi connectivity index (χ0v) is 9.37. The summed E-state index contributed by atoms with van der Waals surface area (Å²) >= 11 is 0. The highest BCUT2D eigenvalue weighted by Crippen LogP contribution is 2.22. The molecular formula is C11H23NO2. The molecule has 2 N–H and O–H groups in total. The van der Waals surface area contributed by atoms with Crippen molar-refractivity contribution in [3.8, 4) is 0 Å². The van der Waals surface area contributed by atoms with Gasteiger partial charge in [-0.15, -0.1) is 0 Å². The van der Waals surface area contributed by atoms with E-state index in [1.165, 1.54) is 0 Å². The molecule has 0 aromatic heterocycles. The highest BCUT2D eigenvalue weighted by Gasteiger charge is 2.27. The Bertz CT molecular complexity index is 141. The molecule has 0 aromatic rings. The second kappa shape index (κ2) is 6.38. The van der Waals surface area contributed by atoms with Crippen LogP contribution in [0.1, 0.15) is 32.6 Å². The average molecular weight is 201 g/mol. The lowest BCUT2D eigenvalue weighted by Gasteiger charge is -2.32. The monoisotopic (exact) mass is 201 g/mol. The molecule has 1 heterocycles. The third-order valence-electron chi connectivity index (χ3n) is 3.12. The fraction of sp³-hybridized carbons (Fsp3) is 1.00. The minimum atomic E-state index is 0.184. The molecule has 2 atom stereocenters. The van der Waals surface area contributed by atoms with E-state index in [0.29, 0.717) is 5.92 Å². The number of rotatable bonds is 5. The summed E-state index contributed by atoms with van der Waals surface area (Å²) in [6, 6.07) is 0.184. The van der Waals surface area contributed by atoms with Crippen LogP contribution < -0.4 is 5.73 Å². The van der Waals surface area contributed by atoms with Crippen LogP contribution in [0.3, 0.4) is 0 Å². The standard InChI is InChI=1S/C11H23NO2/c1-3-4-10(13-2)11(12)9-5-7-14-8-6-9/h9-11H,3-8,12H2,1-2H3. The Morgan fingerprint density at radius 2 is 2.07 bits per heavy atom. The summed E-state index contributed by atoms with van der Waals surface area (Å²) in [6.07, 6.45) is 4.60. The van der Waals surface area contributed by atoms with Gasteiger partial charge in [-0.1, -0.05) is 13.3 Å². The van der Waals surface area contributed by atoms with E-state index in [1.54, 1.807) is 7.11 Å². The number of ether oxygens (including phenoxy) is 2. The highest BCUT2D eigenvalue weighted by molar-refractivity contribution is 4.82. The lowest BCUT2D eigenvalue weighted by molar-refractivity contribution is 0.0113. The maximum Gasteiger partial charge on any atom is 0.0724 e. The van der Waals surface area contributed by atoms with Gasteiger partial charge in [-0.05, 0) is 25.2 Å². The smallest absolute Gasteiger partial charge is 0.0724 e. The first kappa shape index (κ1) is 12.0. The molecular weight excluding hydrogens is 178 g/mol. The van der Waals surface area contributed by atoms with Crippen LogP contribution in [0.5, 0.6) is 0 Å². The Labute approximate surface area is 86.9 Å². The molecule has 1 fully saturated rings. The van der Waals surface area contributed by atoms with Gasteiger partial charge in [0, 0.05) is 26.4 Å². The van der Waals surface area contributed by atoms with Gasteiger partial charge in [0.25, 0.3) is 0 Å². The quantitative estimate of drug-likeness (QED) is 0.734. The van der Waals surface area contributed by atoms with Crippen molar-refractivity contribution in [2.24, 2.45) is 11.7 Å². The third-order valence-corrected chi connectivity index (χ3v) is 3.12. The topological polar surface area (TPSA) is 44.5 Å². The van der Waals surface area contributed by atoms with Gasteiger partial charge >= 0.3 is 0 Å². The Balaban J connectivity index is 2.38. The Hall–Kier alpha value is -0.120. The summed E-state index contributed by atoms with van der Waals surface area (Å²) in [4.78, 5) is 0. The summed E-state index contributed by atoms with van der Waals surface area (Å²) in [5, 5.41) is 0. The first-order chi connectivity index (χ1) is 6.79. The van der Waals surface area contributed by atoms with Crippen LogP contribution in [0.15, 0.2) is 0 Å². The van der Waals surface area contributed by atoms with Crippen LogP contribution in [0.2, 0.25) is 0 Å². The Morgan fingerprint density at radius 1 is 1.43 bits per heavy atom. The molecule has 0 radical (unpaired) electrons. The molecule has 2 unspecified atom stereocenters. The predicted molar refractivity (Wildman–Crippen MR) is 57.2 cm³/mol. The van der Waals surface area contributed by atoms with E-state index in [0.717, 1.165) is 38.9 Å². The molecule has 3 heteroatoms. The van der Waals surface area contributed by atoms with Crippen LogP contribution >= 0.6 is 0 Å². The van der Waals surface area contributed by atoms with Crippen molar-refractivity contribution in [3.63, 3.8) is 0 Å². The van der Waals surface area contributed by atoms with Crippen LogP contribution in [-0.2, 0) is 9.47 Å². The average Bonchev–Trinajstić information content (AvgIpc) is 2.26. The lowest BCUT2D eigenvalue weighted by Crippen LogP contribution is -2.44. The molecule has 0 amide bonds. The van der Waals surface area contributed by atoms with Gasteiger partial charge in [0.1, 0.15) is 0 Å². The molecule has 3 nitrogen and oxygen atoms in total. The summed E-state index contributed by atoms with van der Waals surface area (Å²) in [5.74, 6) is 0.584. The maximum atomic E-state index is 6.21. The zero-order valence-electron chi connectivity index (χ0n) is 9.37. The van der Waals surface area contributed by atoms with Crippen molar-refractivity contribution in [1.29, 1.82) is 0 Å². The van der Waals surface area contributed by atoms with Gasteiger partial charge in [-0.3, -0.25) is 0 Å². The lowest BCUT2D eigenvalue weighted by atomic mass is 9.87. The first-order valence-corrected chi connectivity index (χ1v) is 5.65. The SMILES string of the molecule is CCCC(OC)C(N)C1CCOCC1. The van der Waals surface area contributed by atoms with Crippen LogP contribution in [-0.4, -0.2) is 32.5 Å². The van der Waals surface area contributed by atoms with E-state index >= 15 is 0 Å².